The lowest BCUT2D eigenvalue weighted by atomic mass is 10.1. The summed E-state index contributed by atoms with van der Waals surface area (Å²) in [6.45, 7) is 1.41. The molecule has 2 rings (SSSR count). The van der Waals surface area contributed by atoms with Crippen LogP contribution in [0.25, 0.3) is 0 Å². The standard InChI is InChI=1S/C12H14BrClN2O/c13-10-4-3-8(6-11(10)14)12(17)16-5-1-2-9(15)7-16/h3-4,6,9H,1-2,5,7,15H2. The van der Waals surface area contributed by atoms with Crippen molar-refractivity contribution in [1.82, 2.24) is 4.90 Å². The second-order valence-electron chi connectivity index (χ2n) is 4.28. The van der Waals surface area contributed by atoms with E-state index in [1.807, 2.05) is 0 Å². The third-order valence-electron chi connectivity index (χ3n) is 2.91. The lowest BCUT2D eigenvalue weighted by molar-refractivity contribution is 0.0709. The smallest absolute Gasteiger partial charge is 0.253 e. The van der Waals surface area contributed by atoms with Crippen LogP contribution in [-0.4, -0.2) is 29.9 Å². The molecule has 1 aliphatic heterocycles. The van der Waals surface area contributed by atoms with Gasteiger partial charge in [0.25, 0.3) is 5.91 Å². The molecule has 1 heterocycles. The third-order valence-corrected chi connectivity index (χ3v) is 4.14. The van der Waals surface area contributed by atoms with E-state index in [4.69, 9.17) is 17.3 Å². The van der Waals surface area contributed by atoms with Crippen molar-refractivity contribution in [2.45, 2.75) is 18.9 Å². The van der Waals surface area contributed by atoms with Gasteiger partial charge in [0.05, 0.1) is 5.02 Å². The fraction of sp³-hybridized carbons (Fsp3) is 0.417. The van der Waals surface area contributed by atoms with Crippen molar-refractivity contribution in [3.63, 3.8) is 0 Å². The van der Waals surface area contributed by atoms with E-state index in [-0.39, 0.29) is 11.9 Å². The molecule has 1 aliphatic rings. The van der Waals surface area contributed by atoms with E-state index in [2.05, 4.69) is 15.9 Å². The number of halogens is 2. The molecule has 0 radical (unpaired) electrons. The molecular formula is C12H14BrClN2O. The van der Waals surface area contributed by atoms with Gasteiger partial charge in [-0.1, -0.05) is 11.6 Å². The molecule has 1 unspecified atom stereocenters. The lowest BCUT2D eigenvalue weighted by Crippen LogP contribution is -2.45. The van der Waals surface area contributed by atoms with E-state index in [0.29, 0.717) is 17.1 Å². The van der Waals surface area contributed by atoms with E-state index in [9.17, 15) is 4.79 Å². The lowest BCUT2D eigenvalue weighted by Gasteiger charge is -2.30. The summed E-state index contributed by atoms with van der Waals surface area (Å²) in [5.74, 6) is 0.00884. The number of likely N-dealkylation sites (tertiary alicyclic amines) is 1. The molecule has 0 saturated carbocycles. The maximum Gasteiger partial charge on any atom is 0.253 e. The molecular weight excluding hydrogens is 304 g/mol. The summed E-state index contributed by atoms with van der Waals surface area (Å²) < 4.78 is 0.797. The van der Waals surface area contributed by atoms with Gasteiger partial charge in [-0.3, -0.25) is 4.79 Å². The average molecular weight is 318 g/mol. The number of hydrogen-bond acceptors (Lipinski definition) is 2. The number of benzene rings is 1. The molecule has 0 aromatic heterocycles. The van der Waals surface area contributed by atoms with Crippen LogP contribution in [0.3, 0.4) is 0 Å². The van der Waals surface area contributed by atoms with E-state index in [0.717, 1.165) is 23.9 Å². The van der Waals surface area contributed by atoms with Crippen molar-refractivity contribution < 1.29 is 4.79 Å². The number of nitrogens with zero attached hydrogens (tertiary/aromatic N) is 1. The van der Waals surface area contributed by atoms with Crippen LogP contribution < -0.4 is 5.73 Å². The highest BCUT2D eigenvalue weighted by atomic mass is 79.9. The summed E-state index contributed by atoms with van der Waals surface area (Å²) in [4.78, 5) is 14.0. The van der Waals surface area contributed by atoms with Crippen molar-refractivity contribution in [1.29, 1.82) is 0 Å². The Labute approximate surface area is 114 Å². The first-order valence-electron chi connectivity index (χ1n) is 5.58. The second kappa shape index (κ2) is 5.38. The zero-order valence-electron chi connectivity index (χ0n) is 9.33. The van der Waals surface area contributed by atoms with Crippen molar-refractivity contribution in [3.8, 4) is 0 Å². The first kappa shape index (κ1) is 12.9. The van der Waals surface area contributed by atoms with Crippen LogP contribution in [0.1, 0.15) is 23.2 Å². The number of carbonyl (C=O) groups is 1. The van der Waals surface area contributed by atoms with Crippen LogP contribution in [0.5, 0.6) is 0 Å². The minimum absolute atomic E-state index is 0.00884. The number of rotatable bonds is 1. The van der Waals surface area contributed by atoms with Gasteiger partial charge in [-0.2, -0.15) is 0 Å². The first-order valence-corrected chi connectivity index (χ1v) is 6.75. The van der Waals surface area contributed by atoms with E-state index < -0.39 is 0 Å². The van der Waals surface area contributed by atoms with Crippen LogP contribution in [0.15, 0.2) is 22.7 Å². The van der Waals surface area contributed by atoms with Crippen LogP contribution in [0, 0.1) is 0 Å². The van der Waals surface area contributed by atoms with Crippen molar-refractivity contribution in [2.75, 3.05) is 13.1 Å². The number of hydrogen-bond donors (Lipinski definition) is 1. The molecule has 0 bridgehead atoms. The van der Waals surface area contributed by atoms with Crippen molar-refractivity contribution >= 4 is 33.4 Å². The van der Waals surface area contributed by atoms with Gasteiger partial charge in [0.2, 0.25) is 0 Å². The summed E-state index contributed by atoms with van der Waals surface area (Å²) in [6, 6.07) is 5.35. The Morgan fingerprint density at radius 2 is 2.29 bits per heavy atom. The van der Waals surface area contributed by atoms with Crippen molar-refractivity contribution in [2.24, 2.45) is 5.73 Å². The predicted octanol–water partition coefficient (Wildman–Crippen LogP) is 2.67. The van der Waals surface area contributed by atoms with Gasteiger partial charge in [0, 0.05) is 29.2 Å². The van der Waals surface area contributed by atoms with Crippen LogP contribution in [0.4, 0.5) is 0 Å². The molecule has 1 aromatic rings. The van der Waals surface area contributed by atoms with Crippen molar-refractivity contribution in [3.05, 3.63) is 33.3 Å². The average Bonchev–Trinajstić information content (AvgIpc) is 2.32. The van der Waals surface area contributed by atoms with E-state index in [1.54, 1.807) is 23.1 Å². The number of piperidine rings is 1. The topological polar surface area (TPSA) is 46.3 Å². The molecule has 1 saturated heterocycles. The molecule has 1 amide bonds. The van der Waals surface area contributed by atoms with Crippen LogP contribution in [-0.2, 0) is 0 Å². The van der Waals surface area contributed by atoms with Gasteiger partial charge in [-0.05, 0) is 47.0 Å². The molecule has 2 N–H and O–H groups in total. The van der Waals surface area contributed by atoms with Gasteiger partial charge in [0.15, 0.2) is 0 Å². The molecule has 1 aromatic carbocycles. The minimum Gasteiger partial charge on any atom is -0.337 e. The highest BCUT2D eigenvalue weighted by Crippen LogP contribution is 2.24. The Bertz CT molecular complexity index is 439. The summed E-state index contributed by atoms with van der Waals surface area (Å²) in [5.41, 5.74) is 6.49. The highest BCUT2D eigenvalue weighted by Gasteiger charge is 2.22. The fourth-order valence-electron chi connectivity index (χ4n) is 2.01. The number of nitrogens with two attached hydrogens (primary N) is 1. The van der Waals surface area contributed by atoms with E-state index >= 15 is 0 Å². The normalized spacial score (nSPS) is 20.4. The Hall–Kier alpha value is -0.580. The van der Waals surface area contributed by atoms with Crippen LogP contribution in [0.2, 0.25) is 5.02 Å². The molecule has 1 fully saturated rings. The molecule has 0 aliphatic carbocycles. The molecule has 92 valence electrons. The Morgan fingerprint density at radius 3 is 2.94 bits per heavy atom. The number of carbonyl (C=O) groups excluding carboxylic acids is 1. The molecule has 17 heavy (non-hydrogen) atoms. The zero-order valence-corrected chi connectivity index (χ0v) is 11.7. The summed E-state index contributed by atoms with van der Waals surface area (Å²) in [5, 5.41) is 0.553. The monoisotopic (exact) mass is 316 g/mol. The molecule has 0 spiro atoms. The van der Waals surface area contributed by atoms with Gasteiger partial charge in [-0.25, -0.2) is 0 Å². The summed E-state index contributed by atoms with van der Waals surface area (Å²) in [7, 11) is 0. The van der Waals surface area contributed by atoms with Gasteiger partial charge in [-0.15, -0.1) is 0 Å². The molecule has 5 heteroatoms. The van der Waals surface area contributed by atoms with Crippen LogP contribution >= 0.6 is 27.5 Å². The fourth-order valence-corrected chi connectivity index (χ4v) is 2.43. The first-order chi connectivity index (χ1) is 8.08. The zero-order chi connectivity index (χ0) is 12.4. The molecule has 3 nitrogen and oxygen atoms in total. The Morgan fingerprint density at radius 1 is 1.53 bits per heavy atom. The Balaban J connectivity index is 2.15. The summed E-state index contributed by atoms with van der Waals surface area (Å²) >= 11 is 9.29. The van der Waals surface area contributed by atoms with Gasteiger partial charge in [0.1, 0.15) is 0 Å². The van der Waals surface area contributed by atoms with Gasteiger partial charge >= 0.3 is 0 Å². The maximum atomic E-state index is 12.2. The number of amides is 1. The summed E-state index contributed by atoms with van der Waals surface area (Å²) in [6.07, 6.45) is 1.96. The van der Waals surface area contributed by atoms with Gasteiger partial charge < -0.3 is 10.6 Å². The third kappa shape index (κ3) is 3.00. The minimum atomic E-state index is 0.00884. The highest BCUT2D eigenvalue weighted by molar-refractivity contribution is 9.10. The largest absolute Gasteiger partial charge is 0.337 e. The maximum absolute atomic E-state index is 12.2. The SMILES string of the molecule is NC1CCCN(C(=O)c2ccc(Br)c(Cl)c2)C1. The Kier molecular flexibility index (Phi) is 4.07. The molecule has 1 atom stereocenters. The van der Waals surface area contributed by atoms with E-state index in [1.165, 1.54) is 0 Å². The quantitative estimate of drug-likeness (QED) is 0.865. The predicted molar refractivity (Wildman–Crippen MR) is 72.3 cm³/mol. The second-order valence-corrected chi connectivity index (χ2v) is 5.54.